The fourth-order valence-electron chi connectivity index (χ4n) is 7.14. The molecule has 0 bridgehead atoms. The summed E-state index contributed by atoms with van der Waals surface area (Å²) in [6.07, 6.45) is 11.2. The van der Waals surface area contributed by atoms with E-state index in [-0.39, 0.29) is 30.5 Å². The average molecular weight is 495 g/mol. The van der Waals surface area contributed by atoms with Crippen molar-refractivity contribution in [3.63, 3.8) is 0 Å². The first-order valence-corrected chi connectivity index (χ1v) is 14.0. The summed E-state index contributed by atoms with van der Waals surface area (Å²) in [4.78, 5) is 13.5. The maximum Gasteiger partial charge on any atom is 0.312 e. The SMILES string of the molecule is Cc1ccc(CCOCC(O)COC(=O)C2(C)CCCC3(C)C4CCC(C(C)C)=CC4=CCC23)cc1. The third-order valence-electron chi connectivity index (χ3n) is 9.42. The largest absolute Gasteiger partial charge is 0.462 e. The summed E-state index contributed by atoms with van der Waals surface area (Å²) in [5, 5.41) is 10.4. The molecule has 4 heteroatoms. The highest BCUT2D eigenvalue weighted by atomic mass is 16.5. The molecule has 1 fully saturated rings. The van der Waals surface area contributed by atoms with E-state index in [0.29, 0.717) is 18.4 Å². The van der Waals surface area contributed by atoms with E-state index in [2.05, 4.69) is 71.0 Å². The zero-order valence-corrected chi connectivity index (χ0v) is 23.0. The van der Waals surface area contributed by atoms with Gasteiger partial charge in [-0.3, -0.25) is 4.79 Å². The van der Waals surface area contributed by atoms with Crippen molar-refractivity contribution in [1.29, 1.82) is 0 Å². The van der Waals surface area contributed by atoms with Gasteiger partial charge in [-0.05, 0) is 86.7 Å². The molecule has 5 unspecified atom stereocenters. The highest BCUT2D eigenvalue weighted by Gasteiger charge is 2.57. The number of allylic oxidation sites excluding steroid dienone is 4. The van der Waals surface area contributed by atoms with Crippen LogP contribution in [0.25, 0.3) is 0 Å². The van der Waals surface area contributed by atoms with Gasteiger partial charge in [0.15, 0.2) is 0 Å². The molecule has 0 heterocycles. The van der Waals surface area contributed by atoms with Crippen LogP contribution in [0.3, 0.4) is 0 Å². The van der Waals surface area contributed by atoms with Gasteiger partial charge >= 0.3 is 5.97 Å². The quantitative estimate of drug-likeness (QED) is 0.311. The van der Waals surface area contributed by atoms with Crippen LogP contribution in [0.15, 0.2) is 47.6 Å². The molecule has 3 aliphatic carbocycles. The lowest BCUT2D eigenvalue weighted by molar-refractivity contribution is -0.173. The van der Waals surface area contributed by atoms with E-state index in [1.807, 2.05) is 0 Å². The summed E-state index contributed by atoms with van der Waals surface area (Å²) in [6.45, 7) is 11.9. The molecule has 0 aromatic heterocycles. The van der Waals surface area contributed by atoms with Crippen LogP contribution in [0, 0.1) is 35.5 Å². The molecule has 1 saturated carbocycles. The van der Waals surface area contributed by atoms with Crippen LogP contribution in [0.2, 0.25) is 0 Å². The van der Waals surface area contributed by atoms with Crippen molar-refractivity contribution in [3.8, 4) is 0 Å². The maximum atomic E-state index is 13.5. The lowest BCUT2D eigenvalue weighted by atomic mass is 9.47. The van der Waals surface area contributed by atoms with Gasteiger partial charge in [-0.1, -0.05) is 74.7 Å². The molecule has 4 nitrogen and oxygen atoms in total. The van der Waals surface area contributed by atoms with Crippen LogP contribution < -0.4 is 0 Å². The Morgan fingerprint density at radius 1 is 1.14 bits per heavy atom. The van der Waals surface area contributed by atoms with E-state index in [9.17, 15) is 9.90 Å². The first-order chi connectivity index (χ1) is 17.1. The molecule has 0 aliphatic heterocycles. The molecule has 0 saturated heterocycles. The topological polar surface area (TPSA) is 55.8 Å². The number of esters is 1. The van der Waals surface area contributed by atoms with Crippen molar-refractivity contribution in [2.24, 2.45) is 28.6 Å². The second-order valence-corrected chi connectivity index (χ2v) is 12.3. The summed E-state index contributed by atoms with van der Waals surface area (Å²) in [5.74, 6) is 1.25. The van der Waals surface area contributed by atoms with Gasteiger partial charge in [0.25, 0.3) is 0 Å². The van der Waals surface area contributed by atoms with Crippen LogP contribution in [-0.2, 0) is 20.7 Å². The van der Waals surface area contributed by atoms with Crippen molar-refractivity contribution in [1.82, 2.24) is 0 Å². The lowest BCUT2D eigenvalue weighted by Gasteiger charge is -2.57. The summed E-state index contributed by atoms with van der Waals surface area (Å²) < 4.78 is 11.4. The van der Waals surface area contributed by atoms with E-state index >= 15 is 0 Å². The number of aliphatic hydroxyl groups excluding tert-OH is 1. The van der Waals surface area contributed by atoms with E-state index in [0.717, 1.165) is 25.7 Å². The highest BCUT2D eigenvalue weighted by Crippen LogP contribution is 2.62. The first-order valence-electron chi connectivity index (χ1n) is 14.0. The zero-order chi connectivity index (χ0) is 25.9. The molecule has 0 radical (unpaired) electrons. The van der Waals surface area contributed by atoms with Crippen molar-refractivity contribution in [2.75, 3.05) is 19.8 Å². The summed E-state index contributed by atoms with van der Waals surface area (Å²) in [7, 11) is 0. The average Bonchev–Trinajstić information content (AvgIpc) is 2.85. The Morgan fingerprint density at radius 2 is 1.89 bits per heavy atom. The monoisotopic (exact) mass is 494 g/mol. The van der Waals surface area contributed by atoms with Gasteiger partial charge < -0.3 is 14.6 Å². The molecule has 1 aromatic rings. The highest BCUT2D eigenvalue weighted by molar-refractivity contribution is 5.77. The minimum absolute atomic E-state index is 0.00655. The number of carbonyl (C=O) groups excluding carboxylic acids is 1. The molecule has 4 rings (SSSR count). The molecule has 0 amide bonds. The van der Waals surface area contributed by atoms with Crippen LogP contribution >= 0.6 is 0 Å². The predicted molar refractivity (Wildman–Crippen MR) is 145 cm³/mol. The second-order valence-electron chi connectivity index (χ2n) is 12.3. The molecule has 0 spiro atoms. The van der Waals surface area contributed by atoms with Gasteiger partial charge in [0, 0.05) is 0 Å². The van der Waals surface area contributed by atoms with Gasteiger partial charge in [-0.25, -0.2) is 0 Å². The Labute approximate surface area is 218 Å². The zero-order valence-electron chi connectivity index (χ0n) is 23.0. The van der Waals surface area contributed by atoms with Gasteiger partial charge in [0.2, 0.25) is 0 Å². The number of fused-ring (bicyclic) bond motifs is 3. The summed E-state index contributed by atoms with van der Waals surface area (Å²) in [6, 6.07) is 8.39. The molecule has 3 aliphatic rings. The molecule has 1 aromatic carbocycles. The third-order valence-corrected chi connectivity index (χ3v) is 9.42. The standard InChI is InChI=1S/C32H46O4/c1-22(2)25-11-13-28-26(19-25)12-14-29-31(28,4)16-6-17-32(29,5)30(34)36-21-27(33)20-35-18-15-24-9-7-23(3)8-10-24/h7-10,12,19,22,27-29,33H,6,11,13-18,20-21H2,1-5H3. The Balaban J connectivity index is 1.31. The molecule has 5 atom stereocenters. The normalized spacial score (nSPS) is 30.6. The van der Waals surface area contributed by atoms with Crippen LogP contribution in [0.5, 0.6) is 0 Å². The number of rotatable bonds is 9. The number of hydrogen-bond donors (Lipinski definition) is 1. The Hall–Kier alpha value is -1.91. The smallest absolute Gasteiger partial charge is 0.312 e. The Morgan fingerprint density at radius 3 is 2.61 bits per heavy atom. The fourth-order valence-corrected chi connectivity index (χ4v) is 7.14. The van der Waals surface area contributed by atoms with Crippen LogP contribution in [0.4, 0.5) is 0 Å². The van der Waals surface area contributed by atoms with E-state index in [4.69, 9.17) is 9.47 Å². The van der Waals surface area contributed by atoms with Crippen LogP contribution in [0.1, 0.15) is 77.3 Å². The van der Waals surface area contributed by atoms with Gasteiger partial charge in [-0.2, -0.15) is 0 Å². The van der Waals surface area contributed by atoms with Crippen molar-refractivity contribution < 1.29 is 19.4 Å². The van der Waals surface area contributed by atoms with Gasteiger partial charge in [0.05, 0.1) is 18.6 Å². The third kappa shape index (κ3) is 5.65. The number of ether oxygens (including phenoxy) is 2. The number of aryl methyl sites for hydroxylation is 1. The molecule has 198 valence electrons. The minimum Gasteiger partial charge on any atom is -0.462 e. The van der Waals surface area contributed by atoms with Crippen molar-refractivity contribution >= 4 is 5.97 Å². The maximum absolute atomic E-state index is 13.5. The Bertz CT molecular complexity index is 974. The van der Waals surface area contributed by atoms with Crippen molar-refractivity contribution in [2.45, 2.75) is 85.7 Å². The number of carbonyl (C=O) groups is 1. The number of aliphatic hydroxyl groups is 1. The van der Waals surface area contributed by atoms with Crippen LogP contribution in [-0.4, -0.2) is 37.0 Å². The fraction of sp³-hybridized carbons (Fsp3) is 0.656. The molecular weight excluding hydrogens is 448 g/mol. The van der Waals surface area contributed by atoms with E-state index in [1.54, 1.807) is 5.57 Å². The predicted octanol–water partition coefficient (Wildman–Crippen LogP) is 6.59. The number of benzene rings is 1. The van der Waals surface area contributed by atoms with Gasteiger partial charge in [-0.15, -0.1) is 0 Å². The Kier molecular flexibility index (Phi) is 8.46. The van der Waals surface area contributed by atoms with E-state index < -0.39 is 11.5 Å². The van der Waals surface area contributed by atoms with Crippen molar-refractivity contribution in [3.05, 3.63) is 58.7 Å². The second kappa shape index (κ2) is 11.2. The number of hydrogen-bond acceptors (Lipinski definition) is 4. The van der Waals surface area contributed by atoms with E-state index in [1.165, 1.54) is 36.0 Å². The summed E-state index contributed by atoms with van der Waals surface area (Å²) >= 11 is 0. The first kappa shape index (κ1) is 27.1. The lowest BCUT2D eigenvalue weighted by Crippen LogP contribution is -2.53. The minimum atomic E-state index is -0.804. The molecule has 1 N–H and O–H groups in total. The summed E-state index contributed by atoms with van der Waals surface area (Å²) in [5.41, 5.74) is 5.13. The van der Waals surface area contributed by atoms with Gasteiger partial charge in [0.1, 0.15) is 12.7 Å². The molecule has 36 heavy (non-hydrogen) atoms. The molecular formula is C32H46O4.